The number of rotatable bonds is 6. The highest BCUT2D eigenvalue weighted by atomic mass is 19.4. The molecule has 0 aliphatic carbocycles. The molecule has 0 spiro atoms. The first kappa shape index (κ1) is 16.5. The second-order valence-electron chi connectivity index (χ2n) is 4.66. The van der Waals surface area contributed by atoms with Crippen molar-refractivity contribution in [1.29, 1.82) is 0 Å². The van der Waals surface area contributed by atoms with Gasteiger partial charge in [-0.3, -0.25) is 4.79 Å². The van der Waals surface area contributed by atoms with Crippen molar-refractivity contribution in [2.45, 2.75) is 44.9 Å². The average molecular weight is 288 g/mol. The second kappa shape index (κ2) is 7.28. The second-order valence-corrected chi connectivity index (χ2v) is 4.66. The maximum absolute atomic E-state index is 12.4. The summed E-state index contributed by atoms with van der Waals surface area (Å²) in [6, 6.07) is 4.13. The molecule has 3 nitrogen and oxygen atoms in total. The fraction of sp³-hybridized carbons (Fsp3) is 0.500. The van der Waals surface area contributed by atoms with Gasteiger partial charge in [0.15, 0.2) is 0 Å². The quantitative estimate of drug-likeness (QED) is 0.845. The minimum atomic E-state index is -4.34. The van der Waals surface area contributed by atoms with Crippen LogP contribution in [-0.4, -0.2) is 11.9 Å². The number of hydrogen-bond donors (Lipinski definition) is 2. The summed E-state index contributed by atoms with van der Waals surface area (Å²) in [5.41, 5.74) is 5.59. The normalized spacial score (nSPS) is 13.1. The third-order valence-corrected chi connectivity index (χ3v) is 2.95. The minimum Gasteiger partial charge on any atom is -0.351 e. The predicted molar refractivity (Wildman–Crippen MR) is 70.8 cm³/mol. The Kier molecular flexibility index (Phi) is 6.01. The molecule has 3 N–H and O–H groups in total. The van der Waals surface area contributed by atoms with Gasteiger partial charge in [-0.1, -0.05) is 31.9 Å². The van der Waals surface area contributed by atoms with Crippen molar-refractivity contribution in [3.05, 3.63) is 35.4 Å². The molecule has 0 saturated carbocycles. The molecule has 0 bridgehead atoms. The summed E-state index contributed by atoms with van der Waals surface area (Å²) in [5, 5.41) is 2.62. The van der Waals surface area contributed by atoms with Gasteiger partial charge >= 0.3 is 6.18 Å². The predicted octanol–water partition coefficient (Wildman–Crippen LogP) is 2.84. The van der Waals surface area contributed by atoms with Crippen molar-refractivity contribution in [3.63, 3.8) is 0 Å². The molecule has 112 valence electrons. The number of halogens is 3. The van der Waals surface area contributed by atoms with Crippen molar-refractivity contribution in [3.8, 4) is 0 Å². The molecule has 1 aromatic carbocycles. The first-order chi connectivity index (χ1) is 9.34. The van der Waals surface area contributed by atoms with Crippen LogP contribution in [0.2, 0.25) is 0 Å². The summed E-state index contributed by atoms with van der Waals surface area (Å²) in [6.07, 6.45) is -1.91. The Morgan fingerprint density at radius 2 is 1.90 bits per heavy atom. The highest BCUT2D eigenvalue weighted by Crippen LogP contribution is 2.28. The fourth-order valence-corrected chi connectivity index (χ4v) is 1.69. The van der Waals surface area contributed by atoms with E-state index in [1.165, 1.54) is 12.1 Å². The Balaban J connectivity index is 2.48. The van der Waals surface area contributed by atoms with Gasteiger partial charge in [-0.2, -0.15) is 13.2 Å². The molecule has 0 radical (unpaired) electrons. The summed E-state index contributed by atoms with van der Waals surface area (Å²) in [4.78, 5) is 11.6. The molecule has 20 heavy (non-hydrogen) atoms. The van der Waals surface area contributed by atoms with Gasteiger partial charge in [-0.05, 0) is 24.1 Å². The van der Waals surface area contributed by atoms with Crippen LogP contribution in [0.4, 0.5) is 13.2 Å². The van der Waals surface area contributed by atoms with Gasteiger partial charge in [0.1, 0.15) is 0 Å². The van der Waals surface area contributed by atoms with E-state index in [1.54, 1.807) is 0 Å². The summed E-state index contributed by atoms with van der Waals surface area (Å²) in [5.74, 6) is -0.279. The van der Waals surface area contributed by atoms with Gasteiger partial charge in [0.2, 0.25) is 5.91 Å². The number of carbonyl (C=O) groups is 1. The van der Waals surface area contributed by atoms with Crippen molar-refractivity contribution in [2.24, 2.45) is 5.73 Å². The zero-order chi connectivity index (χ0) is 15.2. The molecule has 1 rings (SSSR count). The van der Waals surface area contributed by atoms with Crippen molar-refractivity contribution < 1.29 is 18.0 Å². The van der Waals surface area contributed by atoms with Gasteiger partial charge in [0, 0.05) is 6.54 Å². The molecule has 1 aromatic rings. The number of amides is 1. The zero-order valence-corrected chi connectivity index (χ0v) is 11.3. The molecule has 6 heteroatoms. The van der Waals surface area contributed by atoms with E-state index in [0.29, 0.717) is 12.0 Å². The lowest BCUT2D eigenvalue weighted by molar-refractivity contribution is -0.137. The average Bonchev–Trinajstić information content (AvgIpc) is 2.41. The number of nitrogens with one attached hydrogen (secondary N) is 1. The lowest BCUT2D eigenvalue weighted by Gasteiger charge is -2.12. The van der Waals surface area contributed by atoms with Crippen molar-refractivity contribution in [1.82, 2.24) is 5.32 Å². The van der Waals surface area contributed by atoms with Crippen LogP contribution in [-0.2, 0) is 17.5 Å². The van der Waals surface area contributed by atoms with E-state index < -0.39 is 17.8 Å². The van der Waals surface area contributed by atoms with Crippen LogP contribution in [0.3, 0.4) is 0 Å². The summed E-state index contributed by atoms with van der Waals surface area (Å²) in [6.45, 7) is 2.18. The smallest absolute Gasteiger partial charge is 0.351 e. The van der Waals surface area contributed by atoms with E-state index in [-0.39, 0.29) is 12.5 Å². The van der Waals surface area contributed by atoms with E-state index in [4.69, 9.17) is 5.73 Å². The Bertz CT molecular complexity index is 429. The first-order valence-corrected chi connectivity index (χ1v) is 6.54. The van der Waals surface area contributed by atoms with Crippen molar-refractivity contribution in [2.75, 3.05) is 0 Å². The summed E-state index contributed by atoms with van der Waals surface area (Å²) < 4.78 is 37.1. The van der Waals surface area contributed by atoms with Gasteiger partial charge < -0.3 is 11.1 Å². The molecule has 0 heterocycles. The lowest BCUT2D eigenvalue weighted by atomic mass is 10.1. The lowest BCUT2D eigenvalue weighted by Crippen LogP contribution is -2.40. The van der Waals surface area contributed by atoms with E-state index in [0.717, 1.165) is 25.0 Å². The summed E-state index contributed by atoms with van der Waals surface area (Å²) >= 11 is 0. The van der Waals surface area contributed by atoms with Crippen molar-refractivity contribution >= 4 is 5.91 Å². The number of unbranched alkanes of at least 4 members (excludes halogenated alkanes) is 1. The molecule has 0 aliphatic heterocycles. The Morgan fingerprint density at radius 3 is 2.40 bits per heavy atom. The number of nitrogens with two attached hydrogens (primary N) is 1. The molecular formula is C14H19F3N2O. The van der Waals surface area contributed by atoms with Crippen LogP contribution in [0.1, 0.15) is 37.3 Å². The van der Waals surface area contributed by atoms with Gasteiger partial charge in [0.05, 0.1) is 11.6 Å². The number of alkyl halides is 3. The fourth-order valence-electron chi connectivity index (χ4n) is 1.69. The molecule has 0 fully saturated rings. The topological polar surface area (TPSA) is 55.1 Å². The Hall–Kier alpha value is -1.56. The molecule has 0 aromatic heterocycles. The van der Waals surface area contributed by atoms with Gasteiger partial charge in [-0.15, -0.1) is 0 Å². The minimum absolute atomic E-state index is 0.177. The largest absolute Gasteiger partial charge is 0.416 e. The summed E-state index contributed by atoms with van der Waals surface area (Å²) in [7, 11) is 0. The van der Waals surface area contributed by atoms with Crippen LogP contribution in [0, 0.1) is 0 Å². The Morgan fingerprint density at radius 1 is 1.30 bits per heavy atom. The molecule has 1 atom stereocenters. The Labute approximate surface area is 116 Å². The number of carbonyl (C=O) groups excluding carboxylic acids is 1. The third kappa shape index (κ3) is 5.21. The maximum Gasteiger partial charge on any atom is 0.416 e. The molecule has 0 saturated heterocycles. The molecule has 0 unspecified atom stereocenters. The SMILES string of the molecule is CCCC[C@@H](N)C(=O)NCc1ccc(C(F)(F)F)cc1. The number of hydrogen-bond acceptors (Lipinski definition) is 2. The van der Waals surface area contributed by atoms with Gasteiger partial charge in [0.25, 0.3) is 0 Å². The number of benzene rings is 1. The van der Waals surface area contributed by atoms with E-state index in [1.807, 2.05) is 6.92 Å². The third-order valence-electron chi connectivity index (χ3n) is 2.95. The van der Waals surface area contributed by atoms with Crippen LogP contribution in [0.15, 0.2) is 24.3 Å². The van der Waals surface area contributed by atoms with Crippen LogP contribution in [0.25, 0.3) is 0 Å². The van der Waals surface area contributed by atoms with Gasteiger partial charge in [-0.25, -0.2) is 0 Å². The monoisotopic (exact) mass is 288 g/mol. The van der Waals surface area contributed by atoms with Crippen LogP contribution in [0.5, 0.6) is 0 Å². The van der Waals surface area contributed by atoms with Crippen LogP contribution >= 0.6 is 0 Å². The van der Waals surface area contributed by atoms with Crippen LogP contribution < -0.4 is 11.1 Å². The first-order valence-electron chi connectivity index (χ1n) is 6.54. The maximum atomic E-state index is 12.4. The molecule has 0 aliphatic rings. The highest BCUT2D eigenvalue weighted by Gasteiger charge is 2.29. The van der Waals surface area contributed by atoms with E-state index in [9.17, 15) is 18.0 Å². The molecular weight excluding hydrogens is 269 g/mol. The molecule has 1 amide bonds. The van der Waals surface area contributed by atoms with E-state index >= 15 is 0 Å². The zero-order valence-electron chi connectivity index (χ0n) is 11.3. The highest BCUT2D eigenvalue weighted by molar-refractivity contribution is 5.81. The van der Waals surface area contributed by atoms with E-state index in [2.05, 4.69) is 5.32 Å². The standard InChI is InChI=1S/C14H19F3N2O/c1-2-3-4-12(18)13(20)19-9-10-5-7-11(8-6-10)14(15,16)17/h5-8,12H,2-4,9,18H2,1H3,(H,19,20)/t12-/m1/s1.